The monoisotopic (exact) mass is 277 g/mol. The highest BCUT2D eigenvalue weighted by Crippen LogP contribution is 2.22. The fourth-order valence-corrected chi connectivity index (χ4v) is 2.00. The van der Waals surface area contributed by atoms with Gasteiger partial charge in [0.25, 0.3) is 0 Å². The average molecular weight is 277 g/mol. The van der Waals surface area contributed by atoms with Crippen LogP contribution in [0.3, 0.4) is 0 Å². The lowest BCUT2D eigenvalue weighted by atomic mass is 10.1. The van der Waals surface area contributed by atoms with Gasteiger partial charge in [-0.15, -0.1) is 0 Å². The molecule has 0 fully saturated rings. The van der Waals surface area contributed by atoms with Gasteiger partial charge >= 0.3 is 5.97 Å². The molecule has 1 heterocycles. The van der Waals surface area contributed by atoms with Crippen LogP contribution in [0.4, 0.5) is 10.1 Å². The minimum absolute atomic E-state index is 0.148. The van der Waals surface area contributed by atoms with E-state index in [1.54, 1.807) is 10.9 Å². The van der Waals surface area contributed by atoms with Crippen molar-refractivity contribution < 1.29 is 13.9 Å². The molecule has 1 N–H and O–H groups in total. The van der Waals surface area contributed by atoms with Gasteiger partial charge in [-0.1, -0.05) is 0 Å². The molecule has 0 bridgehead atoms. The first-order valence-corrected chi connectivity index (χ1v) is 6.15. The number of carbonyl (C=O) groups excluding carboxylic acids is 1. The largest absolute Gasteiger partial charge is 0.465 e. The maximum atomic E-state index is 13.8. The van der Waals surface area contributed by atoms with Gasteiger partial charge in [-0.3, -0.25) is 4.68 Å². The predicted molar refractivity (Wildman–Crippen MR) is 73.0 cm³/mol. The molecule has 0 saturated carbocycles. The van der Waals surface area contributed by atoms with Gasteiger partial charge in [-0.05, 0) is 31.2 Å². The molecule has 1 aromatic heterocycles. The summed E-state index contributed by atoms with van der Waals surface area (Å²) in [6.07, 6.45) is 1.68. The fourth-order valence-electron chi connectivity index (χ4n) is 2.00. The van der Waals surface area contributed by atoms with Gasteiger partial charge in [-0.25, -0.2) is 9.18 Å². The van der Waals surface area contributed by atoms with E-state index < -0.39 is 11.8 Å². The number of nitrogens with zero attached hydrogens (tertiary/aromatic N) is 2. The van der Waals surface area contributed by atoms with Crippen LogP contribution in [0.2, 0.25) is 0 Å². The average Bonchev–Trinajstić information content (AvgIpc) is 2.86. The Morgan fingerprint density at radius 1 is 1.45 bits per heavy atom. The number of aromatic nitrogens is 2. The maximum Gasteiger partial charge on any atom is 0.337 e. The zero-order valence-electron chi connectivity index (χ0n) is 11.6. The summed E-state index contributed by atoms with van der Waals surface area (Å²) in [5.41, 5.74) is 1.46. The molecule has 5 nitrogen and oxygen atoms in total. The molecule has 2 aromatic rings. The van der Waals surface area contributed by atoms with Gasteiger partial charge in [0, 0.05) is 13.2 Å². The number of anilines is 1. The van der Waals surface area contributed by atoms with Crippen molar-refractivity contribution in [1.82, 2.24) is 9.78 Å². The lowest BCUT2D eigenvalue weighted by Crippen LogP contribution is -2.13. The Bertz CT molecular complexity index is 625. The topological polar surface area (TPSA) is 56.1 Å². The number of aryl methyl sites for hydroxylation is 1. The van der Waals surface area contributed by atoms with Crippen LogP contribution in [0.1, 0.15) is 29.0 Å². The zero-order valence-corrected chi connectivity index (χ0v) is 11.6. The summed E-state index contributed by atoms with van der Waals surface area (Å²) in [5.74, 6) is -0.923. The van der Waals surface area contributed by atoms with E-state index in [4.69, 9.17) is 0 Å². The van der Waals surface area contributed by atoms with E-state index in [-0.39, 0.29) is 11.7 Å². The molecule has 0 amide bonds. The van der Waals surface area contributed by atoms with Crippen LogP contribution in [0.5, 0.6) is 0 Å². The predicted octanol–water partition coefficient (Wildman–Crippen LogP) is 2.52. The second kappa shape index (κ2) is 5.73. The SMILES string of the molecule is COC(=O)c1ccc(F)c(NC(C)c2ccnn2C)c1. The third-order valence-corrected chi connectivity index (χ3v) is 3.06. The number of ether oxygens (including phenoxy) is 1. The molecule has 20 heavy (non-hydrogen) atoms. The molecular weight excluding hydrogens is 261 g/mol. The fraction of sp³-hybridized carbons (Fsp3) is 0.286. The maximum absolute atomic E-state index is 13.8. The number of benzene rings is 1. The van der Waals surface area contributed by atoms with Crippen LogP contribution < -0.4 is 5.32 Å². The molecule has 6 heteroatoms. The molecule has 0 saturated heterocycles. The molecule has 106 valence electrons. The van der Waals surface area contributed by atoms with Crippen LogP contribution in [-0.2, 0) is 11.8 Å². The molecule has 0 aliphatic carbocycles. The Balaban J connectivity index is 2.24. The van der Waals surface area contributed by atoms with Crippen LogP contribution in [-0.4, -0.2) is 22.9 Å². The molecule has 0 aliphatic rings. The van der Waals surface area contributed by atoms with Gasteiger partial charge in [0.05, 0.1) is 30.1 Å². The van der Waals surface area contributed by atoms with E-state index in [1.807, 2.05) is 20.0 Å². The minimum atomic E-state index is -0.499. The first-order valence-electron chi connectivity index (χ1n) is 6.15. The lowest BCUT2D eigenvalue weighted by molar-refractivity contribution is 0.0600. The normalized spacial score (nSPS) is 12.0. The van der Waals surface area contributed by atoms with Crippen molar-refractivity contribution in [3.63, 3.8) is 0 Å². The summed E-state index contributed by atoms with van der Waals surface area (Å²) < 4.78 is 20.1. The second-order valence-corrected chi connectivity index (χ2v) is 4.43. The first-order chi connectivity index (χ1) is 9.52. The Morgan fingerprint density at radius 3 is 2.80 bits per heavy atom. The number of carbonyl (C=O) groups is 1. The number of methoxy groups -OCH3 is 1. The van der Waals surface area contributed by atoms with Crippen molar-refractivity contribution in [3.05, 3.63) is 47.5 Å². The number of hydrogen-bond acceptors (Lipinski definition) is 4. The Labute approximate surface area is 116 Å². The van der Waals surface area contributed by atoms with Crippen molar-refractivity contribution in [1.29, 1.82) is 0 Å². The van der Waals surface area contributed by atoms with E-state index in [9.17, 15) is 9.18 Å². The molecule has 0 spiro atoms. The van der Waals surface area contributed by atoms with Crippen molar-refractivity contribution in [2.24, 2.45) is 7.05 Å². The Kier molecular flexibility index (Phi) is 4.02. The van der Waals surface area contributed by atoms with E-state index in [2.05, 4.69) is 15.2 Å². The van der Waals surface area contributed by atoms with Gasteiger partial charge in [0.15, 0.2) is 0 Å². The van der Waals surface area contributed by atoms with Crippen LogP contribution in [0.15, 0.2) is 30.5 Å². The van der Waals surface area contributed by atoms with E-state index in [0.717, 1.165) is 5.69 Å². The number of nitrogens with one attached hydrogen (secondary N) is 1. The van der Waals surface area contributed by atoms with Crippen molar-refractivity contribution in [2.45, 2.75) is 13.0 Å². The lowest BCUT2D eigenvalue weighted by Gasteiger charge is -2.16. The third-order valence-electron chi connectivity index (χ3n) is 3.06. The van der Waals surface area contributed by atoms with E-state index >= 15 is 0 Å². The molecule has 0 aliphatic heterocycles. The smallest absolute Gasteiger partial charge is 0.337 e. The highest BCUT2D eigenvalue weighted by Gasteiger charge is 2.14. The highest BCUT2D eigenvalue weighted by atomic mass is 19.1. The van der Waals surface area contributed by atoms with Gasteiger partial charge in [0.2, 0.25) is 0 Å². The molecular formula is C14H16FN3O2. The van der Waals surface area contributed by atoms with Crippen LogP contribution in [0.25, 0.3) is 0 Å². The van der Waals surface area contributed by atoms with E-state index in [1.165, 1.54) is 25.3 Å². The van der Waals surface area contributed by atoms with Crippen LogP contribution in [0, 0.1) is 5.82 Å². The number of hydrogen-bond donors (Lipinski definition) is 1. The molecule has 0 radical (unpaired) electrons. The van der Waals surface area contributed by atoms with Crippen molar-refractivity contribution in [2.75, 3.05) is 12.4 Å². The third kappa shape index (κ3) is 2.79. The number of halogens is 1. The van der Waals surface area contributed by atoms with Gasteiger partial charge in [-0.2, -0.15) is 5.10 Å². The number of esters is 1. The minimum Gasteiger partial charge on any atom is -0.465 e. The Hall–Kier alpha value is -2.37. The van der Waals surface area contributed by atoms with Crippen LogP contribution >= 0.6 is 0 Å². The summed E-state index contributed by atoms with van der Waals surface area (Å²) in [6, 6.07) is 5.77. The van der Waals surface area contributed by atoms with Crippen molar-refractivity contribution in [3.8, 4) is 0 Å². The summed E-state index contributed by atoms with van der Waals surface area (Å²) in [5, 5.41) is 7.10. The summed E-state index contributed by atoms with van der Waals surface area (Å²) >= 11 is 0. The summed E-state index contributed by atoms with van der Waals surface area (Å²) in [4.78, 5) is 11.5. The van der Waals surface area contributed by atoms with Crippen molar-refractivity contribution >= 4 is 11.7 Å². The number of rotatable bonds is 4. The van der Waals surface area contributed by atoms with E-state index in [0.29, 0.717) is 5.56 Å². The molecule has 1 aromatic carbocycles. The van der Waals surface area contributed by atoms with Gasteiger partial charge < -0.3 is 10.1 Å². The second-order valence-electron chi connectivity index (χ2n) is 4.43. The van der Waals surface area contributed by atoms with Gasteiger partial charge in [0.1, 0.15) is 5.82 Å². The molecule has 1 unspecified atom stereocenters. The summed E-state index contributed by atoms with van der Waals surface area (Å²) in [6.45, 7) is 1.89. The summed E-state index contributed by atoms with van der Waals surface area (Å²) in [7, 11) is 3.10. The highest BCUT2D eigenvalue weighted by molar-refractivity contribution is 5.90. The molecule has 2 rings (SSSR count). The Morgan fingerprint density at radius 2 is 2.20 bits per heavy atom. The molecule has 1 atom stereocenters. The first kappa shape index (κ1) is 14.0. The quantitative estimate of drug-likeness (QED) is 0.872. The zero-order chi connectivity index (χ0) is 14.7. The standard InChI is InChI=1S/C14H16FN3O2/c1-9(13-6-7-16-18(13)2)17-12-8-10(14(19)20-3)4-5-11(12)15/h4-9,17H,1-3H3.